The summed E-state index contributed by atoms with van der Waals surface area (Å²) in [5.74, 6) is -2.33. The minimum Gasteiger partial charge on any atom is -0.550 e. The number of rotatable bonds is 6. The Bertz CT molecular complexity index is 688. The molecule has 0 heterocycles. The number of carbonyl (C=O) groups is 2. The van der Waals surface area contributed by atoms with Gasteiger partial charge in [-0.25, -0.2) is 0 Å². The number of carboxylic acids is 1. The average Bonchev–Trinajstić information content (AvgIpc) is 2.68. The van der Waals surface area contributed by atoms with E-state index in [0.717, 1.165) is 24.0 Å². The Balaban J connectivity index is 1.83. The van der Waals surface area contributed by atoms with E-state index in [4.69, 9.17) is 0 Å². The number of amides is 1. The summed E-state index contributed by atoms with van der Waals surface area (Å²) in [5.41, 5.74) is 2.08. The first-order valence-electron chi connectivity index (χ1n) is 9.22. The van der Waals surface area contributed by atoms with Crippen LogP contribution in [0.25, 0.3) is 0 Å². The fraction of sp³-hybridized carbons (Fsp3) is 0.364. The second kappa shape index (κ2) is 8.65. The molecule has 2 aromatic carbocycles. The Labute approximate surface area is 154 Å². The molecule has 2 atom stereocenters. The SMILES string of the molecule is O=C([O-])[C@H]1CCCC[C@@H]1C(=O)N(Cc1ccccc1)Cc1ccccc1. The second-order valence-corrected chi connectivity index (χ2v) is 6.98. The van der Waals surface area contributed by atoms with Crippen LogP contribution < -0.4 is 5.11 Å². The van der Waals surface area contributed by atoms with Crippen molar-refractivity contribution in [3.05, 3.63) is 71.8 Å². The van der Waals surface area contributed by atoms with Gasteiger partial charge in [0.2, 0.25) is 5.91 Å². The summed E-state index contributed by atoms with van der Waals surface area (Å²) in [6, 6.07) is 19.6. The molecule has 3 rings (SSSR count). The van der Waals surface area contributed by atoms with E-state index in [1.54, 1.807) is 4.90 Å². The Morgan fingerprint density at radius 1 is 0.808 bits per heavy atom. The van der Waals surface area contributed by atoms with Crippen LogP contribution in [0.4, 0.5) is 0 Å². The highest BCUT2D eigenvalue weighted by Crippen LogP contribution is 2.32. The van der Waals surface area contributed by atoms with Gasteiger partial charge in [0.15, 0.2) is 0 Å². The normalized spacial score (nSPS) is 19.7. The molecule has 0 aliphatic heterocycles. The summed E-state index contributed by atoms with van der Waals surface area (Å²) >= 11 is 0. The minimum absolute atomic E-state index is 0.0772. The molecule has 1 aliphatic rings. The standard InChI is InChI=1S/C22H25NO3/c24-21(19-13-7-8-14-20(19)22(25)26)23(15-17-9-3-1-4-10-17)16-18-11-5-2-6-12-18/h1-6,9-12,19-20H,7-8,13-16H2,(H,25,26)/p-1/t19-,20-/m0/s1. The number of benzene rings is 2. The highest BCUT2D eigenvalue weighted by Gasteiger charge is 2.34. The van der Waals surface area contributed by atoms with Gasteiger partial charge in [-0.15, -0.1) is 0 Å². The van der Waals surface area contributed by atoms with Crippen LogP contribution in [-0.2, 0) is 22.7 Å². The first-order chi connectivity index (χ1) is 12.6. The summed E-state index contributed by atoms with van der Waals surface area (Å²) < 4.78 is 0. The number of aliphatic carboxylic acids is 1. The molecule has 0 spiro atoms. The molecule has 1 aliphatic carbocycles. The molecule has 0 bridgehead atoms. The van der Waals surface area contributed by atoms with Crippen molar-refractivity contribution in [2.45, 2.75) is 38.8 Å². The molecule has 26 heavy (non-hydrogen) atoms. The van der Waals surface area contributed by atoms with Gasteiger partial charge in [-0.05, 0) is 24.0 Å². The average molecular weight is 350 g/mol. The highest BCUT2D eigenvalue weighted by atomic mass is 16.4. The molecule has 0 N–H and O–H groups in total. The third kappa shape index (κ3) is 4.51. The number of carbonyl (C=O) groups excluding carboxylic acids is 2. The fourth-order valence-corrected chi connectivity index (χ4v) is 3.76. The van der Waals surface area contributed by atoms with E-state index in [1.807, 2.05) is 60.7 Å². The lowest BCUT2D eigenvalue weighted by Crippen LogP contribution is -2.45. The van der Waals surface area contributed by atoms with E-state index in [9.17, 15) is 14.7 Å². The quantitative estimate of drug-likeness (QED) is 0.805. The van der Waals surface area contributed by atoms with Crippen molar-refractivity contribution in [3.8, 4) is 0 Å². The topological polar surface area (TPSA) is 60.4 Å². The van der Waals surface area contributed by atoms with Crippen molar-refractivity contribution in [1.29, 1.82) is 0 Å². The number of carboxylic acid groups (broad SMARTS) is 1. The van der Waals surface area contributed by atoms with Crippen LogP contribution in [0.1, 0.15) is 36.8 Å². The zero-order valence-corrected chi connectivity index (χ0v) is 14.8. The first kappa shape index (κ1) is 18.2. The lowest BCUT2D eigenvalue weighted by atomic mass is 9.78. The zero-order valence-electron chi connectivity index (χ0n) is 14.8. The van der Waals surface area contributed by atoms with Crippen LogP contribution in [0.3, 0.4) is 0 Å². The number of nitrogens with zero attached hydrogens (tertiary/aromatic N) is 1. The van der Waals surface area contributed by atoms with Gasteiger partial charge in [0.25, 0.3) is 0 Å². The third-order valence-corrected chi connectivity index (χ3v) is 5.13. The zero-order chi connectivity index (χ0) is 18.4. The molecule has 0 radical (unpaired) electrons. The Kier molecular flexibility index (Phi) is 6.05. The first-order valence-corrected chi connectivity index (χ1v) is 9.22. The molecule has 1 fully saturated rings. The molecule has 136 valence electrons. The molecule has 0 saturated heterocycles. The molecular formula is C22H24NO3-. The number of hydrogen-bond donors (Lipinski definition) is 0. The molecule has 4 nitrogen and oxygen atoms in total. The minimum atomic E-state index is -1.09. The maximum atomic E-state index is 13.3. The van der Waals surface area contributed by atoms with Crippen molar-refractivity contribution in [2.75, 3.05) is 0 Å². The van der Waals surface area contributed by atoms with Gasteiger partial charge < -0.3 is 14.8 Å². The molecule has 1 amide bonds. The molecule has 0 aromatic heterocycles. The summed E-state index contributed by atoms with van der Waals surface area (Å²) in [4.78, 5) is 26.6. The molecule has 2 aromatic rings. The van der Waals surface area contributed by atoms with Gasteiger partial charge in [0.1, 0.15) is 0 Å². The molecule has 1 saturated carbocycles. The summed E-state index contributed by atoms with van der Waals surface area (Å²) in [6.07, 6.45) is 2.89. The van der Waals surface area contributed by atoms with Gasteiger partial charge in [0, 0.05) is 30.9 Å². The molecule has 4 heteroatoms. The van der Waals surface area contributed by atoms with Gasteiger partial charge >= 0.3 is 0 Å². The summed E-state index contributed by atoms with van der Waals surface area (Å²) in [5, 5.41) is 11.5. The van der Waals surface area contributed by atoms with E-state index < -0.39 is 17.8 Å². The van der Waals surface area contributed by atoms with Gasteiger partial charge in [-0.3, -0.25) is 4.79 Å². The van der Waals surface area contributed by atoms with Crippen LogP contribution in [0.15, 0.2) is 60.7 Å². The van der Waals surface area contributed by atoms with Crippen molar-refractivity contribution in [3.63, 3.8) is 0 Å². The van der Waals surface area contributed by atoms with E-state index in [0.29, 0.717) is 25.9 Å². The fourth-order valence-electron chi connectivity index (χ4n) is 3.76. The van der Waals surface area contributed by atoms with Crippen molar-refractivity contribution in [2.24, 2.45) is 11.8 Å². The Morgan fingerprint density at radius 3 is 1.73 bits per heavy atom. The Morgan fingerprint density at radius 2 is 1.27 bits per heavy atom. The maximum absolute atomic E-state index is 13.3. The molecular weight excluding hydrogens is 326 g/mol. The monoisotopic (exact) mass is 350 g/mol. The van der Waals surface area contributed by atoms with E-state index >= 15 is 0 Å². The summed E-state index contributed by atoms with van der Waals surface area (Å²) in [6.45, 7) is 0.954. The van der Waals surface area contributed by atoms with Crippen molar-refractivity contribution in [1.82, 2.24) is 4.90 Å². The van der Waals surface area contributed by atoms with Crippen LogP contribution in [0, 0.1) is 11.8 Å². The van der Waals surface area contributed by atoms with E-state index in [-0.39, 0.29) is 5.91 Å². The predicted molar refractivity (Wildman–Crippen MR) is 97.6 cm³/mol. The smallest absolute Gasteiger partial charge is 0.226 e. The highest BCUT2D eigenvalue weighted by molar-refractivity contribution is 5.84. The second-order valence-electron chi connectivity index (χ2n) is 6.98. The van der Waals surface area contributed by atoms with Crippen molar-refractivity contribution >= 4 is 11.9 Å². The lowest BCUT2D eigenvalue weighted by molar-refractivity contribution is -0.314. The summed E-state index contributed by atoms with van der Waals surface area (Å²) in [7, 11) is 0. The van der Waals surface area contributed by atoms with E-state index in [2.05, 4.69) is 0 Å². The largest absolute Gasteiger partial charge is 0.550 e. The molecule has 0 unspecified atom stereocenters. The third-order valence-electron chi connectivity index (χ3n) is 5.13. The van der Waals surface area contributed by atoms with Crippen LogP contribution in [0.2, 0.25) is 0 Å². The van der Waals surface area contributed by atoms with Crippen molar-refractivity contribution < 1.29 is 14.7 Å². The van der Waals surface area contributed by atoms with Crippen LogP contribution in [0.5, 0.6) is 0 Å². The van der Waals surface area contributed by atoms with Gasteiger partial charge in [-0.1, -0.05) is 73.5 Å². The predicted octanol–water partition coefficient (Wildman–Crippen LogP) is 2.77. The maximum Gasteiger partial charge on any atom is 0.226 e. The van der Waals surface area contributed by atoms with Crippen LogP contribution in [-0.4, -0.2) is 16.8 Å². The Hall–Kier alpha value is -2.62. The van der Waals surface area contributed by atoms with E-state index in [1.165, 1.54) is 0 Å². The lowest BCUT2D eigenvalue weighted by Gasteiger charge is -2.35. The number of hydrogen-bond acceptors (Lipinski definition) is 3. The van der Waals surface area contributed by atoms with Gasteiger partial charge in [0.05, 0.1) is 0 Å². The van der Waals surface area contributed by atoms with Gasteiger partial charge in [-0.2, -0.15) is 0 Å². The van der Waals surface area contributed by atoms with Crippen LogP contribution >= 0.6 is 0 Å².